The minimum absolute atomic E-state index is 0.0917. The van der Waals surface area contributed by atoms with Crippen LogP contribution in [0.25, 0.3) is 0 Å². The predicted octanol–water partition coefficient (Wildman–Crippen LogP) is 3.06. The summed E-state index contributed by atoms with van der Waals surface area (Å²) in [5.74, 6) is -0.444. The summed E-state index contributed by atoms with van der Waals surface area (Å²) in [7, 11) is 0. The van der Waals surface area contributed by atoms with Gasteiger partial charge in [-0.1, -0.05) is 18.5 Å². The standard InChI is InChI=1S/C12H17ClN2O2/c1-4-7-15(8(2)3)10-6-5-9(13)11(14-10)12(16)17/h5-6,8H,4,7H2,1-3H3,(H,16,17). The molecule has 0 saturated heterocycles. The Balaban J connectivity index is 3.12. The van der Waals surface area contributed by atoms with Gasteiger partial charge in [0, 0.05) is 12.6 Å². The number of anilines is 1. The summed E-state index contributed by atoms with van der Waals surface area (Å²) < 4.78 is 0. The van der Waals surface area contributed by atoms with E-state index in [-0.39, 0.29) is 16.8 Å². The topological polar surface area (TPSA) is 53.4 Å². The average molecular weight is 257 g/mol. The molecule has 1 rings (SSSR count). The van der Waals surface area contributed by atoms with Gasteiger partial charge in [-0.3, -0.25) is 0 Å². The maximum absolute atomic E-state index is 11.0. The molecule has 94 valence electrons. The number of hydrogen-bond donors (Lipinski definition) is 1. The number of halogens is 1. The van der Waals surface area contributed by atoms with Gasteiger partial charge in [0.25, 0.3) is 0 Å². The zero-order valence-electron chi connectivity index (χ0n) is 10.3. The molecule has 0 fully saturated rings. The summed E-state index contributed by atoms with van der Waals surface area (Å²) in [5, 5.41) is 9.14. The molecule has 0 radical (unpaired) electrons. The van der Waals surface area contributed by atoms with Gasteiger partial charge in [-0.2, -0.15) is 0 Å². The van der Waals surface area contributed by atoms with Crippen LogP contribution in [-0.4, -0.2) is 28.6 Å². The molecule has 0 aliphatic rings. The molecule has 1 heterocycles. The highest BCUT2D eigenvalue weighted by atomic mass is 35.5. The van der Waals surface area contributed by atoms with Crippen LogP contribution in [0, 0.1) is 0 Å². The van der Waals surface area contributed by atoms with E-state index in [4.69, 9.17) is 16.7 Å². The summed E-state index contributed by atoms with van der Waals surface area (Å²) in [6.07, 6.45) is 0.977. The van der Waals surface area contributed by atoms with Crippen LogP contribution >= 0.6 is 11.6 Å². The Morgan fingerprint density at radius 3 is 2.65 bits per heavy atom. The van der Waals surface area contributed by atoms with Crippen molar-refractivity contribution in [3.63, 3.8) is 0 Å². The summed E-state index contributed by atoms with van der Waals surface area (Å²) in [6.45, 7) is 7.01. The maximum Gasteiger partial charge on any atom is 0.356 e. The highest BCUT2D eigenvalue weighted by Crippen LogP contribution is 2.21. The van der Waals surface area contributed by atoms with E-state index >= 15 is 0 Å². The van der Waals surface area contributed by atoms with E-state index in [1.165, 1.54) is 0 Å². The number of nitrogens with zero attached hydrogens (tertiary/aromatic N) is 2. The second-order valence-electron chi connectivity index (χ2n) is 4.09. The Labute approximate surface area is 106 Å². The first-order valence-electron chi connectivity index (χ1n) is 5.63. The van der Waals surface area contributed by atoms with Crippen molar-refractivity contribution in [3.05, 3.63) is 22.8 Å². The lowest BCUT2D eigenvalue weighted by Crippen LogP contribution is -2.32. The third-order valence-electron chi connectivity index (χ3n) is 2.42. The zero-order chi connectivity index (χ0) is 13.0. The van der Waals surface area contributed by atoms with Gasteiger partial charge in [0.15, 0.2) is 5.69 Å². The van der Waals surface area contributed by atoms with Crippen molar-refractivity contribution < 1.29 is 9.90 Å². The van der Waals surface area contributed by atoms with Crippen LogP contribution in [0.15, 0.2) is 12.1 Å². The molecule has 0 bridgehead atoms. The zero-order valence-corrected chi connectivity index (χ0v) is 11.0. The molecule has 0 atom stereocenters. The molecule has 0 saturated carbocycles. The summed E-state index contributed by atoms with van der Waals surface area (Å²) in [4.78, 5) is 17.1. The first-order chi connectivity index (χ1) is 7.97. The van der Waals surface area contributed by atoms with Gasteiger partial charge in [-0.15, -0.1) is 0 Å². The molecular formula is C12H17ClN2O2. The monoisotopic (exact) mass is 256 g/mol. The number of pyridine rings is 1. The van der Waals surface area contributed by atoms with E-state index < -0.39 is 5.97 Å². The van der Waals surface area contributed by atoms with Crippen LogP contribution < -0.4 is 4.90 Å². The average Bonchev–Trinajstić information content (AvgIpc) is 2.26. The number of aromatic carboxylic acids is 1. The molecule has 1 N–H and O–H groups in total. The molecule has 4 nitrogen and oxygen atoms in total. The summed E-state index contributed by atoms with van der Waals surface area (Å²) in [6, 6.07) is 3.60. The molecule has 5 heteroatoms. The number of hydrogen-bond acceptors (Lipinski definition) is 3. The van der Waals surface area contributed by atoms with Crippen molar-refractivity contribution in [2.45, 2.75) is 33.2 Å². The van der Waals surface area contributed by atoms with Crippen LogP contribution in [-0.2, 0) is 0 Å². The third-order valence-corrected chi connectivity index (χ3v) is 2.72. The SMILES string of the molecule is CCCN(c1ccc(Cl)c(C(=O)O)n1)C(C)C. The van der Waals surface area contributed by atoms with Gasteiger partial charge >= 0.3 is 5.97 Å². The van der Waals surface area contributed by atoms with Crippen molar-refractivity contribution in [2.75, 3.05) is 11.4 Å². The number of carbonyl (C=O) groups is 1. The minimum atomic E-state index is -1.10. The van der Waals surface area contributed by atoms with Crippen LogP contribution in [0.1, 0.15) is 37.7 Å². The minimum Gasteiger partial charge on any atom is -0.476 e. The van der Waals surface area contributed by atoms with E-state index in [1.54, 1.807) is 12.1 Å². The molecule has 0 aromatic carbocycles. The lowest BCUT2D eigenvalue weighted by Gasteiger charge is -2.27. The van der Waals surface area contributed by atoms with E-state index in [2.05, 4.69) is 16.8 Å². The number of rotatable bonds is 5. The van der Waals surface area contributed by atoms with E-state index in [0.29, 0.717) is 5.82 Å². The van der Waals surface area contributed by atoms with Crippen LogP contribution in [0.5, 0.6) is 0 Å². The van der Waals surface area contributed by atoms with E-state index in [0.717, 1.165) is 13.0 Å². The Morgan fingerprint density at radius 1 is 1.53 bits per heavy atom. The fourth-order valence-electron chi connectivity index (χ4n) is 1.62. The van der Waals surface area contributed by atoms with Crippen LogP contribution in [0.2, 0.25) is 5.02 Å². The fourth-order valence-corrected chi connectivity index (χ4v) is 1.81. The fraction of sp³-hybridized carbons (Fsp3) is 0.500. The van der Waals surface area contributed by atoms with Crippen LogP contribution in [0.3, 0.4) is 0 Å². The predicted molar refractivity (Wildman–Crippen MR) is 69.0 cm³/mol. The molecule has 0 aliphatic carbocycles. The van der Waals surface area contributed by atoms with Gasteiger partial charge in [0.1, 0.15) is 5.82 Å². The highest BCUT2D eigenvalue weighted by Gasteiger charge is 2.16. The Hall–Kier alpha value is -1.29. The molecule has 0 aliphatic heterocycles. The Bertz CT molecular complexity index is 407. The Kier molecular flexibility index (Phi) is 4.75. The highest BCUT2D eigenvalue weighted by molar-refractivity contribution is 6.33. The molecule has 17 heavy (non-hydrogen) atoms. The van der Waals surface area contributed by atoms with Crippen molar-refractivity contribution in [2.24, 2.45) is 0 Å². The van der Waals surface area contributed by atoms with Crippen LogP contribution in [0.4, 0.5) is 5.82 Å². The van der Waals surface area contributed by atoms with Gasteiger partial charge in [0.2, 0.25) is 0 Å². The second kappa shape index (κ2) is 5.87. The number of aromatic nitrogens is 1. The lowest BCUT2D eigenvalue weighted by atomic mass is 10.2. The van der Waals surface area contributed by atoms with Crippen molar-refractivity contribution in [1.29, 1.82) is 0 Å². The Morgan fingerprint density at radius 2 is 2.18 bits per heavy atom. The molecule has 1 aromatic rings. The lowest BCUT2D eigenvalue weighted by molar-refractivity contribution is 0.0691. The number of carboxylic acids is 1. The normalized spacial score (nSPS) is 10.6. The quantitative estimate of drug-likeness (QED) is 0.880. The molecule has 0 unspecified atom stereocenters. The second-order valence-corrected chi connectivity index (χ2v) is 4.50. The van der Waals surface area contributed by atoms with Crippen molar-refractivity contribution in [3.8, 4) is 0 Å². The maximum atomic E-state index is 11.0. The summed E-state index contributed by atoms with van der Waals surface area (Å²) in [5.41, 5.74) is -0.0917. The smallest absolute Gasteiger partial charge is 0.356 e. The summed E-state index contributed by atoms with van der Waals surface area (Å²) >= 11 is 5.79. The van der Waals surface area contributed by atoms with Gasteiger partial charge in [-0.25, -0.2) is 9.78 Å². The third kappa shape index (κ3) is 3.33. The molecule has 1 aromatic heterocycles. The first kappa shape index (κ1) is 13.8. The van der Waals surface area contributed by atoms with E-state index in [1.807, 2.05) is 13.8 Å². The first-order valence-corrected chi connectivity index (χ1v) is 6.01. The van der Waals surface area contributed by atoms with Crippen molar-refractivity contribution in [1.82, 2.24) is 4.98 Å². The molecule has 0 amide bonds. The largest absolute Gasteiger partial charge is 0.476 e. The van der Waals surface area contributed by atoms with Gasteiger partial charge < -0.3 is 10.0 Å². The van der Waals surface area contributed by atoms with Gasteiger partial charge in [-0.05, 0) is 32.4 Å². The molecule has 0 spiro atoms. The van der Waals surface area contributed by atoms with Crippen molar-refractivity contribution >= 4 is 23.4 Å². The van der Waals surface area contributed by atoms with Gasteiger partial charge in [0.05, 0.1) is 5.02 Å². The van der Waals surface area contributed by atoms with E-state index in [9.17, 15) is 4.79 Å². The number of carboxylic acid groups (broad SMARTS) is 1. The molecular weight excluding hydrogens is 240 g/mol.